The van der Waals surface area contributed by atoms with Crippen molar-refractivity contribution in [2.45, 2.75) is 26.4 Å². The van der Waals surface area contributed by atoms with Crippen molar-refractivity contribution in [2.24, 2.45) is 0 Å². The van der Waals surface area contributed by atoms with E-state index in [9.17, 15) is 4.79 Å². The highest BCUT2D eigenvalue weighted by molar-refractivity contribution is 5.88. The molecular formula is C15H18N2O2. The Kier molecular flexibility index (Phi) is 4.36. The van der Waals surface area contributed by atoms with Crippen LogP contribution in [0, 0.1) is 0 Å². The molecule has 0 aliphatic carbocycles. The second-order valence-electron chi connectivity index (χ2n) is 4.54. The van der Waals surface area contributed by atoms with Crippen LogP contribution in [0.1, 0.15) is 31.0 Å². The third-order valence-corrected chi connectivity index (χ3v) is 2.90. The van der Waals surface area contributed by atoms with Crippen molar-refractivity contribution < 1.29 is 9.21 Å². The lowest BCUT2D eigenvalue weighted by Gasteiger charge is -2.14. The minimum absolute atomic E-state index is 0.0591. The van der Waals surface area contributed by atoms with Crippen LogP contribution in [0.3, 0.4) is 0 Å². The Morgan fingerprint density at radius 2 is 2.21 bits per heavy atom. The molecule has 0 aliphatic heterocycles. The van der Waals surface area contributed by atoms with Gasteiger partial charge in [-0.1, -0.05) is 12.1 Å². The molecule has 4 heteroatoms. The van der Waals surface area contributed by atoms with Crippen LogP contribution in [0.15, 0.2) is 47.3 Å². The van der Waals surface area contributed by atoms with Crippen LogP contribution >= 0.6 is 0 Å². The number of benzene rings is 1. The normalized spacial score (nSPS) is 12.1. The summed E-state index contributed by atoms with van der Waals surface area (Å²) < 4.78 is 5.03. The number of anilines is 1. The summed E-state index contributed by atoms with van der Waals surface area (Å²) in [4.78, 5) is 11.0. The average Bonchev–Trinajstić information content (AvgIpc) is 2.88. The molecule has 19 heavy (non-hydrogen) atoms. The van der Waals surface area contributed by atoms with Gasteiger partial charge in [-0.05, 0) is 30.7 Å². The summed E-state index contributed by atoms with van der Waals surface area (Å²) in [6.45, 7) is 4.35. The van der Waals surface area contributed by atoms with Gasteiger partial charge in [0.2, 0.25) is 5.91 Å². The lowest BCUT2D eigenvalue weighted by Crippen LogP contribution is -2.18. The predicted molar refractivity (Wildman–Crippen MR) is 74.7 cm³/mol. The molecule has 0 saturated heterocycles. The topological polar surface area (TPSA) is 54.3 Å². The lowest BCUT2D eigenvalue weighted by atomic mass is 10.1. The van der Waals surface area contributed by atoms with Crippen LogP contribution in [-0.2, 0) is 11.3 Å². The van der Waals surface area contributed by atoms with Crippen LogP contribution in [0.2, 0.25) is 0 Å². The van der Waals surface area contributed by atoms with Crippen molar-refractivity contribution in [2.75, 3.05) is 5.32 Å². The first-order chi connectivity index (χ1) is 9.15. The predicted octanol–water partition coefficient (Wildman–Crippen LogP) is 3.09. The van der Waals surface area contributed by atoms with Crippen LogP contribution in [0.25, 0.3) is 0 Å². The van der Waals surface area contributed by atoms with Crippen LogP contribution in [-0.4, -0.2) is 5.91 Å². The number of hydrogen-bond acceptors (Lipinski definition) is 3. The van der Waals surface area contributed by atoms with Crippen molar-refractivity contribution in [3.05, 3.63) is 54.0 Å². The van der Waals surface area contributed by atoms with E-state index in [1.165, 1.54) is 6.92 Å². The van der Waals surface area contributed by atoms with Gasteiger partial charge in [-0.15, -0.1) is 0 Å². The quantitative estimate of drug-likeness (QED) is 0.866. The summed E-state index contributed by atoms with van der Waals surface area (Å²) in [6.07, 6.45) is 3.40. The molecule has 1 unspecified atom stereocenters. The average molecular weight is 258 g/mol. The molecule has 1 heterocycles. The minimum atomic E-state index is -0.0591. The number of amides is 1. The van der Waals surface area contributed by atoms with E-state index in [4.69, 9.17) is 4.42 Å². The maximum atomic E-state index is 11.0. The first-order valence-corrected chi connectivity index (χ1v) is 6.27. The number of carbonyl (C=O) groups is 1. The molecular weight excluding hydrogens is 240 g/mol. The Bertz CT molecular complexity index is 535. The third-order valence-electron chi connectivity index (χ3n) is 2.90. The Morgan fingerprint density at radius 3 is 2.89 bits per heavy atom. The van der Waals surface area contributed by atoms with Gasteiger partial charge >= 0.3 is 0 Å². The zero-order valence-corrected chi connectivity index (χ0v) is 11.1. The first kappa shape index (κ1) is 13.4. The molecule has 2 aromatic rings. The van der Waals surface area contributed by atoms with Crippen LogP contribution in [0.5, 0.6) is 0 Å². The molecule has 1 amide bonds. The number of hydrogen-bond donors (Lipinski definition) is 2. The van der Waals surface area contributed by atoms with E-state index in [0.717, 1.165) is 23.4 Å². The Balaban J connectivity index is 1.98. The SMILES string of the molecule is CC(=O)Nc1cccc(C(C)NCc2ccoc2)c1. The Labute approximate surface area is 112 Å². The maximum absolute atomic E-state index is 11.0. The summed E-state index contributed by atoms with van der Waals surface area (Å²) in [7, 11) is 0. The molecule has 0 aliphatic rings. The van der Waals surface area contributed by atoms with Crippen LogP contribution < -0.4 is 10.6 Å². The number of furan rings is 1. The van der Waals surface area contributed by atoms with E-state index in [2.05, 4.69) is 17.6 Å². The van der Waals surface area contributed by atoms with Gasteiger partial charge in [0.25, 0.3) is 0 Å². The maximum Gasteiger partial charge on any atom is 0.221 e. The molecule has 2 rings (SSSR count). The van der Waals surface area contributed by atoms with E-state index >= 15 is 0 Å². The van der Waals surface area contributed by atoms with Crippen molar-refractivity contribution in [1.29, 1.82) is 0 Å². The third kappa shape index (κ3) is 3.96. The molecule has 0 bridgehead atoms. The van der Waals surface area contributed by atoms with Crippen molar-refractivity contribution in [3.63, 3.8) is 0 Å². The van der Waals surface area contributed by atoms with E-state index in [-0.39, 0.29) is 11.9 Å². The number of carbonyl (C=O) groups excluding carboxylic acids is 1. The summed E-state index contributed by atoms with van der Waals surface area (Å²) in [5.74, 6) is -0.0591. The fourth-order valence-electron chi connectivity index (χ4n) is 1.87. The van der Waals surface area contributed by atoms with Crippen molar-refractivity contribution >= 4 is 11.6 Å². The monoisotopic (exact) mass is 258 g/mol. The van der Waals surface area contributed by atoms with Crippen molar-refractivity contribution in [3.8, 4) is 0 Å². The highest BCUT2D eigenvalue weighted by Crippen LogP contribution is 2.18. The summed E-state index contributed by atoms with van der Waals surface area (Å²) >= 11 is 0. The second kappa shape index (κ2) is 6.20. The fraction of sp³-hybridized carbons (Fsp3) is 0.267. The molecule has 0 radical (unpaired) electrons. The largest absolute Gasteiger partial charge is 0.472 e. The second-order valence-corrected chi connectivity index (χ2v) is 4.54. The lowest BCUT2D eigenvalue weighted by molar-refractivity contribution is -0.114. The van der Waals surface area contributed by atoms with Gasteiger partial charge in [0, 0.05) is 30.8 Å². The summed E-state index contributed by atoms with van der Waals surface area (Å²) in [6, 6.07) is 9.98. The standard InChI is InChI=1S/C15H18N2O2/c1-11(16-9-13-6-7-19-10-13)14-4-3-5-15(8-14)17-12(2)18/h3-8,10-11,16H,9H2,1-2H3,(H,17,18). The molecule has 0 fully saturated rings. The fourth-order valence-corrected chi connectivity index (χ4v) is 1.87. The molecule has 2 N–H and O–H groups in total. The number of rotatable bonds is 5. The van der Waals surface area contributed by atoms with Gasteiger partial charge in [0.15, 0.2) is 0 Å². The van der Waals surface area contributed by atoms with Gasteiger partial charge in [0.05, 0.1) is 12.5 Å². The molecule has 1 aromatic heterocycles. The van der Waals surface area contributed by atoms with Crippen LogP contribution in [0.4, 0.5) is 5.69 Å². The molecule has 0 saturated carbocycles. The molecule has 1 atom stereocenters. The molecule has 0 spiro atoms. The highest BCUT2D eigenvalue weighted by atomic mass is 16.3. The van der Waals surface area contributed by atoms with E-state index < -0.39 is 0 Å². The van der Waals surface area contributed by atoms with E-state index in [0.29, 0.717) is 0 Å². The Hall–Kier alpha value is -2.07. The minimum Gasteiger partial charge on any atom is -0.472 e. The van der Waals surface area contributed by atoms with Crippen molar-refractivity contribution in [1.82, 2.24) is 5.32 Å². The van der Waals surface area contributed by atoms with Gasteiger partial charge < -0.3 is 15.1 Å². The Morgan fingerprint density at radius 1 is 1.37 bits per heavy atom. The smallest absolute Gasteiger partial charge is 0.221 e. The van der Waals surface area contributed by atoms with Gasteiger partial charge in [-0.3, -0.25) is 4.79 Å². The highest BCUT2D eigenvalue weighted by Gasteiger charge is 2.06. The summed E-state index contributed by atoms with van der Waals surface area (Å²) in [5, 5.41) is 6.20. The zero-order chi connectivity index (χ0) is 13.7. The van der Waals surface area contributed by atoms with Gasteiger partial charge in [-0.2, -0.15) is 0 Å². The first-order valence-electron chi connectivity index (χ1n) is 6.27. The molecule has 4 nitrogen and oxygen atoms in total. The number of nitrogens with one attached hydrogen (secondary N) is 2. The molecule has 1 aromatic carbocycles. The van der Waals surface area contributed by atoms with Gasteiger partial charge in [0.1, 0.15) is 0 Å². The van der Waals surface area contributed by atoms with E-state index in [1.807, 2.05) is 30.3 Å². The van der Waals surface area contributed by atoms with E-state index in [1.54, 1.807) is 12.5 Å². The molecule has 100 valence electrons. The zero-order valence-electron chi connectivity index (χ0n) is 11.1. The van der Waals surface area contributed by atoms with Gasteiger partial charge in [-0.25, -0.2) is 0 Å². The summed E-state index contributed by atoms with van der Waals surface area (Å²) in [5.41, 5.74) is 3.07.